The second kappa shape index (κ2) is 10.1. The number of aromatic nitrogens is 1. The summed E-state index contributed by atoms with van der Waals surface area (Å²) in [5, 5.41) is 16.1. The van der Waals surface area contributed by atoms with Gasteiger partial charge >= 0.3 is 12.1 Å². The molecule has 172 valence electrons. The Hall–Kier alpha value is -3.03. The quantitative estimate of drug-likeness (QED) is 0.579. The molecule has 8 nitrogen and oxygen atoms in total. The number of nitrogens with zero attached hydrogens (tertiary/aromatic N) is 1. The molecule has 0 bridgehead atoms. The molecule has 2 atom stereocenters. The number of carboxylic acid groups (broad SMARTS) is 1. The van der Waals surface area contributed by atoms with Crippen LogP contribution in [0.5, 0.6) is 5.75 Å². The van der Waals surface area contributed by atoms with Crippen LogP contribution in [0.15, 0.2) is 28.8 Å². The highest BCUT2D eigenvalue weighted by Crippen LogP contribution is 2.32. The summed E-state index contributed by atoms with van der Waals surface area (Å²) in [6.07, 6.45) is 5.84. The second-order valence-electron chi connectivity index (χ2n) is 8.76. The Morgan fingerprint density at radius 1 is 1.19 bits per heavy atom. The molecule has 2 aromatic rings. The lowest BCUT2D eigenvalue weighted by Gasteiger charge is -2.27. The normalized spacial score (nSPS) is 20.5. The van der Waals surface area contributed by atoms with Crippen molar-refractivity contribution in [3.63, 3.8) is 0 Å². The highest BCUT2D eigenvalue weighted by molar-refractivity contribution is 5.70. The summed E-state index contributed by atoms with van der Waals surface area (Å²) < 4.78 is 16.8. The molecule has 0 radical (unpaired) electrons. The Bertz CT molecular complexity index is 934. The first-order chi connectivity index (χ1) is 15.5. The van der Waals surface area contributed by atoms with Gasteiger partial charge in [0.15, 0.2) is 5.76 Å². The predicted octanol–water partition coefficient (Wildman–Crippen LogP) is 4.70. The first kappa shape index (κ1) is 22.2. The number of aryl methyl sites for hydroxylation is 1. The fourth-order valence-corrected chi connectivity index (χ4v) is 4.11. The van der Waals surface area contributed by atoms with E-state index in [9.17, 15) is 14.7 Å². The number of benzene rings is 1. The maximum Gasteiger partial charge on any atom is 0.407 e. The number of alkyl carbamates (subject to hydrolysis) is 1. The van der Waals surface area contributed by atoms with Crippen molar-refractivity contribution in [2.45, 2.75) is 64.5 Å². The van der Waals surface area contributed by atoms with Gasteiger partial charge in [0.05, 0.1) is 30.9 Å². The van der Waals surface area contributed by atoms with E-state index in [4.69, 9.17) is 14.0 Å². The summed E-state index contributed by atoms with van der Waals surface area (Å²) in [6.45, 7) is 2.55. The van der Waals surface area contributed by atoms with Crippen LogP contribution < -0.4 is 10.1 Å². The predicted molar refractivity (Wildman–Crippen MR) is 116 cm³/mol. The molecule has 2 saturated carbocycles. The Morgan fingerprint density at radius 2 is 1.97 bits per heavy atom. The van der Waals surface area contributed by atoms with Crippen LogP contribution in [-0.2, 0) is 16.1 Å². The molecule has 0 saturated heterocycles. The van der Waals surface area contributed by atoms with Crippen molar-refractivity contribution in [3.05, 3.63) is 35.5 Å². The van der Waals surface area contributed by atoms with Crippen molar-refractivity contribution < 1.29 is 28.7 Å². The third-order valence-corrected chi connectivity index (χ3v) is 6.24. The molecule has 1 aromatic heterocycles. The van der Waals surface area contributed by atoms with Crippen LogP contribution in [0.2, 0.25) is 0 Å². The third kappa shape index (κ3) is 5.81. The van der Waals surface area contributed by atoms with E-state index in [1.165, 1.54) is 12.8 Å². The van der Waals surface area contributed by atoms with Crippen LogP contribution in [0.4, 0.5) is 4.79 Å². The van der Waals surface area contributed by atoms with Crippen molar-refractivity contribution in [3.8, 4) is 17.1 Å². The fraction of sp³-hybridized carbons (Fsp3) is 0.542. The maximum absolute atomic E-state index is 12.0. The van der Waals surface area contributed by atoms with Crippen molar-refractivity contribution in [2.75, 3.05) is 6.61 Å². The lowest BCUT2D eigenvalue weighted by Crippen LogP contribution is -2.29. The maximum atomic E-state index is 12.0. The summed E-state index contributed by atoms with van der Waals surface area (Å²) in [5.74, 6) is 0.928. The summed E-state index contributed by atoms with van der Waals surface area (Å²) in [7, 11) is 0. The van der Waals surface area contributed by atoms with E-state index in [0.29, 0.717) is 36.7 Å². The van der Waals surface area contributed by atoms with Crippen molar-refractivity contribution >= 4 is 12.1 Å². The van der Waals surface area contributed by atoms with Crippen molar-refractivity contribution in [1.82, 2.24) is 10.5 Å². The number of rotatable bonds is 9. The molecule has 1 amide bonds. The summed E-state index contributed by atoms with van der Waals surface area (Å²) in [5.41, 5.74) is 2.33. The van der Waals surface area contributed by atoms with Gasteiger partial charge in [-0.2, -0.15) is 0 Å². The molecule has 2 fully saturated rings. The lowest BCUT2D eigenvalue weighted by molar-refractivity contribution is -0.143. The number of ether oxygens (including phenoxy) is 2. The van der Waals surface area contributed by atoms with Gasteiger partial charge in [0.2, 0.25) is 0 Å². The largest absolute Gasteiger partial charge is 0.490 e. The zero-order valence-electron chi connectivity index (χ0n) is 18.3. The third-order valence-electron chi connectivity index (χ3n) is 6.24. The van der Waals surface area contributed by atoms with Gasteiger partial charge in [-0.15, -0.1) is 0 Å². The molecule has 0 spiro atoms. The van der Waals surface area contributed by atoms with Crippen LogP contribution in [0, 0.1) is 18.8 Å². The first-order valence-electron chi connectivity index (χ1n) is 11.3. The number of nitrogens with one attached hydrogen (secondary N) is 1. The van der Waals surface area contributed by atoms with E-state index in [1.807, 2.05) is 31.2 Å². The molecular weight excluding hydrogens is 412 g/mol. The average Bonchev–Trinajstić information content (AvgIpc) is 3.54. The summed E-state index contributed by atoms with van der Waals surface area (Å²) in [4.78, 5) is 23.2. The van der Waals surface area contributed by atoms with Gasteiger partial charge in [-0.1, -0.05) is 18.0 Å². The number of carbonyl (C=O) groups is 2. The zero-order chi connectivity index (χ0) is 22.5. The Labute approximate surface area is 187 Å². The van der Waals surface area contributed by atoms with E-state index in [-0.39, 0.29) is 18.6 Å². The molecule has 0 aliphatic heterocycles. The minimum Gasteiger partial charge on any atom is -0.490 e. The molecule has 32 heavy (non-hydrogen) atoms. The molecule has 8 heteroatoms. The van der Waals surface area contributed by atoms with Crippen LogP contribution >= 0.6 is 0 Å². The van der Waals surface area contributed by atoms with Gasteiger partial charge in [0.1, 0.15) is 5.75 Å². The van der Waals surface area contributed by atoms with Gasteiger partial charge in [0, 0.05) is 11.1 Å². The molecule has 2 aliphatic rings. The Kier molecular flexibility index (Phi) is 6.97. The van der Waals surface area contributed by atoms with E-state index >= 15 is 0 Å². The molecular formula is C24H30N2O6. The zero-order valence-corrected chi connectivity index (χ0v) is 18.3. The van der Waals surface area contributed by atoms with E-state index in [1.54, 1.807) is 0 Å². The number of amides is 1. The monoisotopic (exact) mass is 442 g/mol. The van der Waals surface area contributed by atoms with Crippen molar-refractivity contribution in [2.24, 2.45) is 11.8 Å². The Balaban J connectivity index is 1.33. The van der Waals surface area contributed by atoms with Crippen LogP contribution in [0.1, 0.15) is 56.2 Å². The number of aliphatic carboxylic acids is 1. The highest BCUT2D eigenvalue weighted by atomic mass is 16.5. The SMILES string of the molecule is Cc1noc(-c2ccc(O[C@H]3CCC[C@H](C(=O)O)C3)cc2)c1CNC(=O)OCCC1CC1. The number of carboxylic acids is 1. The van der Waals surface area contributed by atoms with Gasteiger partial charge in [-0.25, -0.2) is 4.79 Å². The highest BCUT2D eigenvalue weighted by Gasteiger charge is 2.28. The van der Waals surface area contributed by atoms with Gasteiger partial charge in [-0.05, 0) is 69.2 Å². The molecule has 0 unspecified atom stereocenters. The minimum absolute atomic E-state index is 0.0890. The van der Waals surface area contributed by atoms with Gasteiger partial charge in [0.25, 0.3) is 0 Å². The fourth-order valence-electron chi connectivity index (χ4n) is 4.11. The average molecular weight is 443 g/mol. The first-order valence-corrected chi connectivity index (χ1v) is 11.3. The summed E-state index contributed by atoms with van der Waals surface area (Å²) in [6, 6.07) is 7.45. The number of hydrogen-bond donors (Lipinski definition) is 2. The van der Waals surface area contributed by atoms with Crippen LogP contribution in [0.25, 0.3) is 11.3 Å². The topological polar surface area (TPSA) is 111 Å². The van der Waals surface area contributed by atoms with E-state index in [2.05, 4.69) is 10.5 Å². The number of hydrogen-bond acceptors (Lipinski definition) is 6. The van der Waals surface area contributed by atoms with Crippen LogP contribution in [0.3, 0.4) is 0 Å². The molecule has 1 heterocycles. The number of carbonyl (C=O) groups excluding carboxylic acids is 1. The molecule has 2 aliphatic carbocycles. The van der Waals surface area contributed by atoms with Crippen molar-refractivity contribution in [1.29, 1.82) is 0 Å². The van der Waals surface area contributed by atoms with E-state index in [0.717, 1.165) is 36.3 Å². The lowest BCUT2D eigenvalue weighted by atomic mass is 9.87. The molecule has 2 N–H and O–H groups in total. The van der Waals surface area contributed by atoms with Crippen LogP contribution in [-0.4, -0.2) is 35.0 Å². The smallest absolute Gasteiger partial charge is 0.407 e. The second-order valence-corrected chi connectivity index (χ2v) is 8.76. The van der Waals surface area contributed by atoms with Gasteiger partial charge < -0.3 is 24.4 Å². The molecule has 4 rings (SSSR count). The van der Waals surface area contributed by atoms with Gasteiger partial charge in [-0.3, -0.25) is 4.79 Å². The standard InChI is InChI=1S/C24H30N2O6/c1-15-21(14-25-24(29)30-12-11-16-5-6-16)22(32-26-15)17-7-9-19(10-8-17)31-20-4-2-3-18(13-20)23(27)28/h7-10,16,18,20H,2-6,11-14H2,1H3,(H,25,29)(H,27,28)/t18-,20-/m0/s1. The Morgan fingerprint density at radius 3 is 2.69 bits per heavy atom. The van der Waals surface area contributed by atoms with E-state index < -0.39 is 12.1 Å². The summed E-state index contributed by atoms with van der Waals surface area (Å²) >= 11 is 0. The minimum atomic E-state index is -0.748. The molecule has 1 aromatic carbocycles.